The Morgan fingerprint density at radius 1 is 0.282 bits per heavy atom. The maximum atomic E-state index is 5.08. The second-order valence-corrected chi connectivity index (χ2v) is 30.1. The minimum atomic E-state index is -0.238. The number of hydrogen-bond donors (Lipinski definition) is 0. The molecular weight excluding hydrogens is 1440 g/mol. The van der Waals surface area contributed by atoms with Crippen molar-refractivity contribution in [2.45, 2.75) is 77.0 Å². The molecule has 0 amide bonds. The molecule has 0 saturated carbocycles. The first-order valence-electron chi connectivity index (χ1n) is 35.4. The van der Waals surface area contributed by atoms with Crippen LogP contribution in [0.25, 0.3) is 110 Å². The number of aromatic nitrogens is 8. The van der Waals surface area contributed by atoms with Crippen molar-refractivity contribution in [3.8, 4) is 22.7 Å². The van der Waals surface area contributed by atoms with Gasteiger partial charge in [0.05, 0.1) is 39.1 Å². The number of anilines is 6. The van der Waals surface area contributed by atoms with Crippen LogP contribution in [0.2, 0.25) is 0 Å². The standard InChI is InChI=1S/C46H35N5.C46H33N5.Pt/c2*1-45(2)34-23-21-28(27-41(34)51-42-35(45)15-9-16-36(42)46(3,4)37-17-11-25-48-44(37)51)49-38-18-7-5-12-30(38)32-22-20-29(26-40(32)49)50-39-19-8-6-13-31(39)33-14-10-24-47-43(33)50;/h5-27H,1-4H3;5-25H,1-4H3;/q;-2;+2. The van der Waals surface area contributed by atoms with Crippen molar-refractivity contribution >= 4 is 122 Å². The summed E-state index contributed by atoms with van der Waals surface area (Å²) in [6, 6.07) is 95.9. The third-order valence-corrected chi connectivity index (χ3v) is 23.3. The Labute approximate surface area is 610 Å². The number of hydrogen-bond acceptors (Lipinski definition) is 6. The van der Waals surface area contributed by atoms with Crippen LogP contribution in [0.1, 0.15) is 99.9 Å². The Balaban J connectivity index is 0.000000136. The van der Waals surface area contributed by atoms with Crippen LogP contribution in [-0.4, -0.2) is 38.2 Å². The number of rotatable bonds is 4. The summed E-state index contributed by atoms with van der Waals surface area (Å²) in [4.78, 5) is 24.7. The molecule has 0 aliphatic carbocycles. The molecular formula is C92H68N10Pt. The summed E-state index contributed by atoms with van der Waals surface area (Å²) < 4.78 is 9.31. The van der Waals surface area contributed by atoms with Gasteiger partial charge in [0.1, 0.15) is 22.9 Å². The Morgan fingerprint density at radius 2 is 0.680 bits per heavy atom. The van der Waals surface area contributed by atoms with Gasteiger partial charge in [0.15, 0.2) is 0 Å². The maximum Gasteiger partial charge on any atom is 2.00 e. The van der Waals surface area contributed by atoms with E-state index in [1.807, 2.05) is 36.9 Å². The SMILES string of the molecule is CC1(C)c2ccc(-n3c4[c-]c(-n5c6ccccc6c6cccnc65)ccc4c4ccccc43)[c-]c2N2c3ncccc3C(C)(C)c3cccc1c32.CC1(C)c2ccc(-n3c4ccccc4c4ccc(-n5c6ccccc6c6cccnc65)cc43)cc2N2c3ncccc3C(C)(C)c3cccc1c32.[Pt+2]. The molecule has 18 aromatic rings. The second kappa shape index (κ2) is 21.7. The predicted molar refractivity (Wildman–Crippen MR) is 417 cm³/mol. The summed E-state index contributed by atoms with van der Waals surface area (Å²) in [5, 5.41) is 9.46. The van der Waals surface area contributed by atoms with Gasteiger partial charge in [0.2, 0.25) is 0 Å². The van der Waals surface area contributed by atoms with Crippen LogP contribution in [0.4, 0.5) is 34.4 Å². The van der Waals surface area contributed by atoms with Gasteiger partial charge in [-0.15, -0.1) is 35.2 Å². The van der Waals surface area contributed by atoms with E-state index in [0.29, 0.717) is 0 Å². The van der Waals surface area contributed by atoms with E-state index >= 15 is 0 Å². The molecule has 103 heavy (non-hydrogen) atoms. The van der Waals surface area contributed by atoms with Gasteiger partial charge in [0, 0.05) is 101 Å². The maximum absolute atomic E-state index is 5.08. The van der Waals surface area contributed by atoms with E-state index < -0.39 is 0 Å². The van der Waals surface area contributed by atoms with Crippen LogP contribution in [0.3, 0.4) is 0 Å². The monoisotopic (exact) mass is 1510 g/mol. The summed E-state index contributed by atoms with van der Waals surface area (Å²) in [5.74, 6) is 1.99. The first-order valence-corrected chi connectivity index (χ1v) is 35.4. The van der Waals surface area contributed by atoms with Gasteiger partial charge >= 0.3 is 21.1 Å². The fraction of sp³-hybridized carbons (Fsp3) is 0.130. The van der Waals surface area contributed by atoms with E-state index in [-0.39, 0.29) is 42.7 Å². The molecule has 0 saturated heterocycles. The van der Waals surface area contributed by atoms with Gasteiger partial charge in [-0.1, -0.05) is 211 Å². The Morgan fingerprint density at radius 3 is 1.29 bits per heavy atom. The fourth-order valence-corrected chi connectivity index (χ4v) is 18.3. The Kier molecular flexibility index (Phi) is 12.9. The third-order valence-electron chi connectivity index (χ3n) is 23.3. The van der Waals surface area contributed by atoms with Gasteiger partial charge in [-0.25, -0.2) is 19.9 Å². The van der Waals surface area contributed by atoms with Crippen molar-refractivity contribution in [1.29, 1.82) is 0 Å². The van der Waals surface area contributed by atoms with Gasteiger partial charge in [-0.05, 0) is 124 Å². The van der Waals surface area contributed by atoms with Gasteiger partial charge in [-0.3, -0.25) is 9.47 Å². The molecule has 0 atom stereocenters. The van der Waals surface area contributed by atoms with Crippen LogP contribution in [0.5, 0.6) is 0 Å². The molecule has 4 aliphatic heterocycles. The van der Waals surface area contributed by atoms with E-state index in [1.165, 1.54) is 94.0 Å². The summed E-state index contributed by atoms with van der Waals surface area (Å²) >= 11 is 0. The molecule has 10 aromatic carbocycles. The quantitative estimate of drug-likeness (QED) is 0.163. The van der Waals surface area contributed by atoms with Crippen LogP contribution in [-0.2, 0) is 42.7 Å². The average Bonchev–Trinajstić information content (AvgIpc) is 1.70. The van der Waals surface area contributed by atoms with Crippen molar-refractivity contribution in [3.63, 3.8) is 0 Å². The number of benzene rings is 10. The summed E-state index contributed by atoms with van der Waals surface area (Å²) in [7, 11) is 0. The van der Waals surface area contributed by atoms with Gasteiger partial charge in [0.25, 0.3) is 0 Å². The number of fused-ring (bicyclic) bond motifs is 20. The zero-order valence-electron chi connectivity index (χ0n) is 58.2. The van der Waals surface area contributed by atoms with E-state index in [2.05, 4.69) is 326 Å². The Bertz CT molecular complexity index is 6150. The van der Waals surface area contributed by atoms with Gasteiger partial charge < -0.3 is 18.6 Å². The molecule has 11 heteroatoms. The molecule has 10 nitrogen and oxygen atoms in total. The zero-order valence-corrected chi connectivity index (χ0v) is 60.5. The molecule has 0 N–H and O–H groups in total. The van der Waals surface area contributed by atoms with Crippen LogP contribution in [0, 0.1) is 12.1 Å². The Hall–Kier alpha value is -11.7. The number of pyridine rings is 4. The molecule has 0 radical (unpaired) electrons. The van der Waals surface area contributed by atoms with Crippen LogP contribution < -0.4 is 9.80 Å². The minimum absolute atomic E-state index is 0. The van der Waals surface area contributed by atoms with E-state index in [0.717, 1.165) is 95.1 Å². The smallest absolute Gasteiger partial charge is 0.358 e. The third kappa shape index (κ3) is 8.24. The van der Waals surface area contributed by atoms with Crippen molar-refractivity contribution in [2.24, 2.45) is 0 Å². The topological polar surface area (TPSA) is 77.8 Å². The van der Waals surface area contributed by atoms with E-state index in [1.54, 1.807) is 0 Å². The predicted octanol–water partition coefficient (Wildman–Crippen LogP) is 22.4. The normalized spacial score (nSPS) is 15.2. The largest absolute Gasteiger partial charge is 2.00 e. The van der Waals surface area contributed by atoms with E-state index in [4.69, 9.17) is 19.9 Å². The van der Waals surface area contributed by atoms with Crippen LogP contribution >= 0.6 is 0 Å². The summed E-state index contributed by atoms with van der Waals surface area (Å²) in [6.45, 7) is 18.7. The molecule has 4 aliphatic rings. The summed E-state index contributed by atoms with van der Waals surface area (Å²) in [5.41, 5.74) is 26.9. The zero-order chi connectivity index (χ0) is 68.4. The first kappa shape index (κ1) is 61.2. The second-order valence-electron chi connectivity index (χ2n) is 30.1. The molecule has 22 rings (SSSR count). The first-order chi connectivity index (χ1) is 49.7. The van der Waals surface area contributed by atoms with Crippen molar-refractivity contribution in [1.82, 2.24) is 38.2 Å². The van der Waals surface area contributed by atoms with Crippen molar-refractivity contribution in [2.75, 3.05) is 9.80 Å². The molecule has 12 heterocycles. The molecule has 0 unspecified atom stereocenters. The molecule has 496 valence electrons. The molecule has 8 aromatic heterocycles. The van der Waals surface area contributed by atoms with Crippen molar-refractivity contribution in [3.05, 3.63) is 324 Å². The number of nitrogens with zero attached hydrogens (tertiary/aromatic N) is 10. The molecule has 0 fully saturated rings. The van der Waals surface area contributed by atoms with Crippen LogP contribution in [0.15, 0.2) is 267 Å². The number of para-hydroxylation sites is 6. The molecule has 0 bridgehead atoms. The fourth-order valence-electron chi connectivity index (χ4n) is 18.3. The minimum Gasteiger partial charge on any atom is -0.358 e. The van der Waals surface area contributed by atoms with Crippen molar-refractivity contribution < 1.29 is 21.1 Å². The summed E-state index contributed by atoms with van der Waals surface area (Å²) in [6.07, 6.45) is 7.61. The molecule has 0 spiro atoms. The average molecular weight is 1510 g/mol. The van der Waals surface area contributed by atoms with E-state index in [9.17, 15) is 0 Å². The van der Waals surface area contributed by atoms with Gasteiger partial charge in [-0.2, -0.15) is 12.1 Å².